The molecule has 0 bridgehead atoms. The highest BCUT2D eigenvalue weighted by molar-refractivity contribution is 6.76. The molecular formula is C18H22N2OSi. The summed E-state index contributed by atoms with van der Waals surface area (Å²) in [5, 5.41) is 0. The fourth-order valence-electron chi connectivity index (χ4n) is 2.36. The Morgan fingerprint density at radius 2 is 1.82 bits per heavy atom. The van der Waals surface area contributed by atoms with Crippen LogP contribution < -0.4 is 4.74 Å². The Morgan fingerprint density at radius 1 is 1.05 bits per heavy atom. The molecular weight excluding hydrogens is 288 g/mol. The van der Waals surface area contributed by atoms with Gasteiger partial charge in [-0.2, -0.15) is 0 Å². The third-order valence-corrected chi connectivity index (χ3v) is 5.39. The van der Waals surface area contributed by atoms with E-state index < -0.39 is 8.07 Å². The van der Waals surface area contributed by atoms with Crippen LogP contribution >= 0.6 is 0 Å². The van der Waals surface area contributed by atoms with Crippen LogP contribution in [0.5, 0.6) is 5.88 Å². The van der Waals surface area contributed by atoms with E-state index in [0.717, 1.165) is 29.2 Å². The summed E-state index contributed by atoms with van der Waals surface area (Å²) in [6, 6.07) is 15.4. The van der Waals surface area contributed by atoms with Crippen molar-refractivity contribution in [3.63, 3.8) is 0 Å². The second kappa shape index (κ2) is 5.97. The van der Waals surface area contributed by atoms with Crippen molar-refractivity contribution in [2.24, 2.45) is 0 Å². The van der Waals surface area contributed by atoms with Gasteiger partial charge in [-0.15, -0.1) is 0 Å². The van der Waals surface area contributed by atoms with Crippen molar-refractivity contribution in [1.29, 1.82) is 0 Å². The Bertz CT molecular complexity index is 760. The van der Waals surface area contributed by atoms with Crippen LogP contribution in [0, 0.1) is 0 Å². The number of fused-ring (bicyclic) bond motifs is 1. The van der Waals surface area contributed by atoms with Gasteiger partial charge in [-0.3, -0.25) is 0 Å². The molecule has 4 heteroatoms. The van der Waals surface area contributed by atoms with Crippen LogP contribution in [-0.4, -0.2) is 24.6 Å². The van der Waals surface area contributed by atoms with Crippen molar-refractivity contribution in [3.8, 4) is 17.0 Å². The molecule has 3 nitrogen and oxygen atoms in total. The number of pyridine rings is 1. The Hall–Kier alpha value is -2.07. The lowest BCUT2D eigenvalue weighted by Crippen LogP contribution is -2.22. The molecule has 2 heterocycles. The second-order valence-electron chi connectivity index (χ2n) is 6.77. The first-order valence-corrected chi connectivity index (χ1v) is 11.4. The molecule has 0 radical (unpaired) electrons. The van der Waals surface area contributed by atoms with Crippen molar-refractivity contribution < 1.29 is 4.74 Å². The maximum absolute atomic E-state index is 5.86. The summed E-state index contributed by atoms with van der Waals surface area (Å²) in [7, 11) is -1.07. The zero-order chi connectivity index (χ0) is 15.6. The van der Waals surface area contributed by atoms with Gasteiger partial charge in [0.25, 0.3) is 0 Å². The molecule has 0 saturated heterocycles. The van der Waals surface area contributed by atoms with Gasteiger partial charge in [0.15, 0.2) is 0 Å². The van der Waals surface area contributed by atoms with Crippen LogP contribution in [-0.2, 0) is 0 Å². The first-order valence-electron chi connectivity index (χ1n) is 7.69. The number of nitrogens with zero attached hydrogens (tertiary/aromatic N) is 1. The Labute approximate surface area is 132 Å². The number of aromatic nitrogens is 2. The molecule has 0 aliphatic rings. The minimum absolute atomic E-state index is 0.711. The van der Waals surface area contributed by atoms with Gasteiger partial charge in [-0.05, 0) is 17.7 Å². The summed E-state index contributed by atoms with van der Waals surface area (Å²) < 4.78 is 5.86. The van der Waals surface area contributed by atoms with Gasteiger partial charge in [-0.1, -0.05) is 50.0 Å². The smallest absolute Gasteiger partial charge is 0.213 e. The molecule has 0 aliphatic heterocycles. The zero-order valence-corrected chi connectivity index (χ0v) is 14.4. The molecule has 1 aromatic carbocycles. The maximum Gasteiger partial charge on any atom is 0.213 e. The lowest BCUT2D eigenvalue weighted by molar-refractivity contribution is 0.326. The number of hydrogen-bond acceptors (Lipinski definition) is 2. The zero-order valence-electron chi connectivity index (χ0n) is 13.4. The molecule has 0 unspecified atom stereocenters. The van der Waals surface area contributed by atoms with Gasteiger partial charge in [0, 0.05) is 25.9 Å². The molecule has 0 saturated carbocycles. The van der Waals surface area contributed by atoms with E-state index in [-0.39, 0.29) is 0 Å². The van der Waals surface area contributed by atoms with Gasteiger partial charge in [-0.25, -0.2) is 4.98 Å². The summed E-state index contributed by atoms with van der Waals surface area (Å²) in [5.41, 5.74) is 4.29. The Morgan fingerprint density at radius 3 is 2.55 bits per heavy atom. The predicted octanol–water partition coefficient (Wildman–Crippen LogP) is 4.95. The largest absolute Gasteiger partial charge is 0.478 e. The van der Waals surface area contributed by atoms with Crippen molar-refractivity contribution in [1.82, 2.24) is 9.97 Å². The third kappa shape index (κ3) is 3.39. The molecule has 2 aromatic heterocycles. The minimum atomic E-state index is -1.07. The summed E-state index contributed by atoms with van der Waals surface area (Å²) in [5.74, 6) is 0.711. The van der Waals surface area contributed by atoms with Gasteiger partial charge in [0.05, 0.1) is 17.6 Å². The molecule has 22 heavy (non-hydrogen) atoms. The summed E-state index contributed by atoms with van der Waals surface area (Å²) in [6.45, 7) is 7.81. The maximum atomic E-state index is 5.86. The fourth-order valence-corrected chi connectivity index (χ4v) is 3.08. The van der Waals surface area contributed by atoms with Crippen molar-refractivity contribution in [2.45, 2.75) is 25.7 Å². The first-order chi connectivity index (χ1) is 10.5. The topological polar surface area (TPSA) is 37.9 Å². The number of benzene rings is 1. The van der Waals surface area contributed by atoms with E-state index in [1.165, 1.54) is 5.56 Å². The molecule has 0 spiro atoms. The van der Waals surface area contributed by atoms with Gasteiger partial charge < -0.3 is 9.72 Å². The number of hydrogen-bond donors (Lipinski definition) is 1. The van der Waals surface area contributed by atoms with Gasteiger partial charge in [0.2, 0.25) is 5.88 Å². The number of rotatable bonds is 5. The average Bonchev–Trinajstić information content (AvgIpc) is 2.90. The van der Waals surface area contributed by atoms with Crippen molar-refractivity contribution >= 4 is 19.1 Å². The highest BCUT2D eigenvalue weighted by Gasteiger charge is 2.13. The van der Waals surface area contributed by atoms with E-state index >= 15 is 0 Å². The fraction of sp³-hybridized carbons (Fsp3) is 0.278. The molecule has 114 valence electrons. The Kier molecular flexibility index (Phi) is 4.03. The lowest BCUT2D eigenvalue weighted by atomic mass is 10.1. The standard InChI is InChI=1S/C18H22N2OSi/c1-22(2,3)12-11-21-17-10-9-16-18(20-17)15(13-19-16)14-7-5-4-6-8-14/h4-10,13,19H,11-12H2,1-3H3. The summed E-state index contributed by atoms with van der Waals surface area (Å²) in [6.07, 6.45) is 2.01. The van der Waals surface area contributed by atoms with Crippen LogP contribution in [0.15, 0.2) is 48.7 Å². The molecule has 0 atom stereocenters. The van der Waals surface area contributed by atoms with E-state index in [0.29, 0.717) is 5.88 Å². The molecule has 0 fully saturated rings. The lowest BCUT2D eigenvalue weighted by Gasteiger charge is -2.15. The average molecular weight is 310 g/mol. The molecule has 0 aliphatic carbocycles. The van der Waals surface area contributed by atoms with E-state index in [9.17, 15) is 0 Å². The van der Waals surface area contributed by atoms with Crippen LogP contribution in [0.2, 0.25) is 25.7 Å². The third-order valence-electron chi connectivity index (χ3n) is 3.68. The van der Waals surface area contributed by atoms with Crippen LogP contribution in [0.1, 0.15) is 0 Å². The van der Waals surface area contributed by atoms with Crippen LogP contribution in [0.3, 0.4) is 0 Å². The van der Waals surface area contributed by atoms with Crippen molar-refractivity contribution in [3.05, 3.63) is 48.7 Å². The second-order valence-corrected chi connectivity index (χ2v) is 12.4. The SMILES string of the molecule is C[Si](C)(C)CCOc1ccc2[nH]cc(-c3ccccc3)c2n1. The summed E-state index contributed by atoms with van der Waals surface area (Å²) in [4.78, 5) is 7.98. The molecule has 1 N–H and O–H groups in total. The monoisotopic (exact) mass is 310 g/mol. The summed E-state index contributed by atoms with van der Waals surface area (Å²) >= 11 is 0. The van der Waals surface area contributed by atoms with E-state index in [1.54, 1.807) is 0 Å². The first kappa shape index (κ1) is 14.8. The van der Waals surface area contributed by atoms with Crippen LogP contribution in [0.4, 0.5) is 0 Å². The molecule has 0 amide bonds. The number of ether oxygens (including phenoxy) is 1. The Balaban J connectivity index is 1.86. The van der Waals surface area contributed by atoms with Gasteiger partial charge in [0.1, 0.15) is 0 Å². The quantitative estimate of drug-likeness (QED) is 0.677. The van der Waals surface area contributed by atoms with E-state index in [2.05, 4.69) is 36.8 Å². The van der Waals surface area contributed by atoms with E-state index in [1.807, 2.05) is 36.5 Å². The van der Waals surface area contributed by atoms with Gasteiger partial charge >= 0.3 is 0 Å². The highest BCUT2D eigenvalue weighted by Crippen LogP contribution is 2.28. The number of H-pyrrole nitrogens is 1. The predicted molar refractivity (Wildman–Crippen MR) is 95.2 cm³/mol. The molecule has 3 rings (SSSR count). The normalized spacial score (nSPS) is 11.8. The van der Waals surface area contributed by atoms with Crippen LogP contribution in [0.25, 0.3) is 22.2 Å². The number of nitrogens with one attached hydrogen (secondary N) is 1. The molecule has 3 aromatic rings. The minimum Gasteiger partial charge on any atom is -0.478 e. The van der Waals surface area contributed by atoms with Crippen molar-refractivity contribution in [2.75, 3.05) is 6.61 Å². The highest BCUT2D eigenvalue weighted by atomic mass is 28.3. The number of aromatic amines is 1. The van der Waals surface area contributed by atoms with E-state index in [4.69, 9.17) is 9.72 Å².